The highest BCUT2D eigenvalue weighted by atomic mass is 35.5. The number of halogens is 1. The Morgan fingerprint density at radius 1 is 1.24 bits per heavy atom. The van der Waals surface area contributed by atoms with Gasteiger partial charge < -0.3 is 10.0 Å². The minimum absolute atomic E-state index is 0.134. The third kappa shape index (κ3) is 3.86. The second-order valence-corrected chi connectivity index (χ2v) is 6.54. The third-order valence-corrected chi connectivity index (χ3v) is 4.59. The van der Waals surface area contributed by atoms with Gasteiger partial charge in [-0.3, -0.25) is 0 Å². The molecule has 2 rings (SSSR count). The van der Waals surface area contributed by atoms with Gasteiger partial charge in [0.1, 0.15) is 16.8 Å². The van der Waals surface area contributed by atoms with E-state index < -0.39 is 0 Å². The second-order valence-electron chi connectivity index (χ2n) is 6.18. The van der Waals surface area contributed by atoms with Crippen LogP contribution in [-0.4, -0.2) is 34.3 Å². The fraction of sp³-hybridized carbons (Fsp3) is 0.750. The molecule has 1 fully saturated rings. The molecular weight excluding hydrogens is 286 g/mol. The molecule has 1 aliphatic carbocycles. The molecule has 21 heavy (non-hydrogen) atoms. The molecule has 1 N–H and O–H groups in total. The van der Waals surface area contributed by atoms with Gasteiger partial charge in [0.25, 0.3) is 0 Å². The molecule has 0 aromatic carbocycles. The van der Waals surface area contributed by atoms with E-state index in [1.54, 1.807) is 0 Å². The van der Waals surface area contributed by atoms with E-state index in [4.69, 9.17) is 16.6 Å². The number of aliphatic hydroxyl groups is 1. The summed E-state index contributed by atoms with van der Waals surface area (Å²) in [5.74, 6) is 1.92. The maximum Gasteiger partial charge on any atom is 0.137 e. The van der Waals surface area contributed by atoms with Crippen LogP contribution >= 0.6 is 11.6 Å². The lowest BCUT2D eigenvalue weighted by molar-refractivity contribution is 0.289. The van der Waals surface area contributed by atoms with Gasteiger partial charge in [0.15, 0.2) is 0 Å². The summed E-state index contributed by atoms with van der Waals surface area (Å²) in [6.07, 6.45) is 6.14. The average Bonchev–Trinajstić information content (AvgIpc) is 2.48. The molecule has 0 spiro atoms. The van der Waals surface area contributed by atoms with Gasteiger partial charge in [-0.1, -0.05) is 44.7 Å². The highest BCUT2D eigenvalue weighted by Crippen LogP contribution is 2.31. The van der Waals surface area contributed by atoms with E-state index in [9.17, 15) is 5.11 Å². The van der Waals surface area contributed by atoms with Gasteiger partial charge in [-0.2, -0.15) is 0 Å². The Hall–Kier alpha value is -0.870. The van der Waals surface area contributed by atoms with Gasteiger partial charge in [0.05, 0.1) is 6.61 Å². The molecular formula is C16H26ClN3O. The van der Waals surface area contributed by atoms with Crippen LogP contribution in [0.2, 0.25) is 5.15 Å². The number of hydrogen-bond donors (Lipinski definition) is 1. The van der Waals surface area contributed by atoms with Crippen molar-refractivity contribution in [3.05, 3.63) is 16.5 Å². The van der Waals surface area contributed by atoms with Gasteiger partial charge in [-0.05, 0) is 19.8 Å². The topological polar surface area (TPSA) is 49.2 Å². The molecule has 1 aliphatic rings. The van der Waals surface area contributed by atoms with E-state index in [0.717, 1.165) is 30.0 Å². The Kier molecular flexibility index (Phi) is 5.82. The minimum Gasteiger partial charge on any atom is -0.395 e. The summed E-state index contributed by atoms with van der Waals surface area (Å²) < 4.78 is 0. The van der Waals surface area contributed by atoms with Crippen molar-refractivity contribution >= 4 is 17.4 Å². The summed E-state index contributed by atoms with van der Waals surface area (Å²) in [7, 11) is 0. The van der Waals surface area contributed by atoms with Gasteiger partial charge >= 0.3 is 0 Å². The third-order valence-electron chi connectivity index (χ3n) is 4.22. The van der Waals surface area contributed by atoms with Crippen LogP contribution in [0.5, 0.6) is 0 Å². The van der Waals surface area contributed by atoms with E-state index in [1.165, 1.54) is 19.3 Å². The number of rotatable bonds is 5. The number of aliphatic hydroxyl groups excluding tert-OH is 1. The molecule has 0 radical (unpaired) electrons. The van der Waals surface area contributed by atoms with Gasteiger partial charge in [0, 0.05) is 24.1 Å². The second kappa shape index (κ2) is 7.41. The maximum atomic E-state index is 9.45. The molecule has 0 atom stereocenters. The zero-order valence-electron chi connectivity index (χ0n) is 13.3. The monoisotopic (exact) mass is 311 g/mol. The molecule has 118 valence electrons. The van der Waals surface area contributed by atoms with Gasteiger partial charge in [0.2, 0.25) is 0 Å². The van der Waals surface area contributed by atoms with Crippen LogP contribution in [0, 0.1) is 6.92 Å². The molecule has 4 nitrogen and oxygen atoms in total. The van der Waals surface area contributed by atoms with E-state index in [1.807, 2.05) is 6.92 Å². The molecule has 1 aromatic rings. The zero-order valence-corrected chi connectivity index (χ0v) is 14.0. The molecule has 5 heteroatoms. The van der Waals surface area contributed by atoms with Crippen molar-refractivity contribution in [2.75, 3.05) is 18.1 Å². The smallest absolute Gasteiger partial charge is 0.137 e. The highest BCUT2D eigenvalue weighted by molar-refractivity contribution is 6.30. The summed E-state index contributed by atoms with van der Waals surface area (Å²) in [6, 6.07) is 0.454. The van der Waals surface area contributed by atoms with Crippen molar-refractivity contribution in [1.29, 1.82) is 0 Å². The molecule has 0 amide bonds. The van der Waals surface area contributed by atoms with E-state index in [-0.39, 0.29) is 12.5 Å². The van der Waals surface area contributed by atoms with Crippen molar-refractivity contribution in [3.63, 3.8) is 0 Å². The number of nitrogens with zero attached hydrogens (tertiary/aromatic N) is 3. The Morgan fingerprint density at radius 3 is 2.48 bits per heavy atom. The first-order chi connectivity index (χ1) is 10.0. The predicted molar refractivity (Wildman–Crippen MR) is 87.2 cm³/mol. The minimum atomic E-state index is 0.134. The van der Waals surface area contributed by atoms with Crippen LogP contribution in [0.4, 0.5) is 5.82 Å². The number of hydrogen-bond acceptors (Lipinski definition) is 4. The van der Waals surface area contributed by atoms with Crippen LogP contribution in [-0.2, 0) is 0 Å². The maximum absolute atomic E-state index is 9.45. The lowest BCUT2D eigenvalue weighted by Crippen LogP contribution is -2.40. The van der Waals surface area contributed by atoms with Crippen LogP contribution in [0.3, 0.4) is 0 Å². The number of anilines is 1. The SMILES string of the molecule is Cc1c(Cl)nc(C(C)C)nc1N(CCO)C1CCCCC1. The van der Waals surface area contributed by atoms with Gasteiger partial charge in [-0.25, -0.2) is 9.97 Å². The molecule has 0 bridgehead atoms. The van der Waals surface area contributed by atoms with E-state index in [2.05, 4.69) is 23.7 Å². The average molecular weight is 312 g/mol. The molecule has 1 heterocycles. The van der Waals surface area contributed by atoms with Crippen LogP contribution in [0.25, 0.3) is 0 Å². The lowest BCUT2D eigenvalue weighted by atomic mass is 9.94. The Morgan fingerprint density at radius 2 is 1.90 bits per heavy atom. The quantitative estimate of drug-likeness (QED) is 0.843. The van der Waals surface area contributed by atoms with Crippen LogP contribution < -0.4 is 4.90 Å². The van der Waals surface area contributed by atoms with Crippen LogP contribution in [0.1, 0.15) is 63.3 Å². The summed E-state index contributed by atoms with van der Waals surface area (Å²) in [5, 5.41) is 9.98. The first-order valence-corrected chi connectivity index (χ1v) is 8.34. The normalized spacial score (nSPS) is 16.5. The summed E-state index contributed by atoms with van der Waals surface area (Å²) >= 11 is 6.31. The standard InChI is InChI=1S/C16H26ClN3O/c1-11(2)15-18-14(17)12(3)16(19-15)20(9-10-21)13-7-5-4-6-8-13/h11,13,21H,4-10H2,1-3H3. The Balaban J connectivity index is 2.38. The fourth-order valence-electron chi connectivity index (χ4n) is 2.99. The van der Waals surface area contributed by atoms with Crippen molar-refractivity contribution in [3.8, 4) is 0 Å². The Labute approximate surface area is 132 Å². The number of aromatic nitrogens is 2. The summed E-state index contributed by atoms with van der Waals surface area (Å²) in [4.78, 5) is 11.4. The van der Waals surface area contributed by atoms with Crippen molar-refractivity contribution < 1.29 is 5.11 Å². The fourth-order valence-corrected chi connectivity index (χ4v) is 3.16. The van der Waals surface area contributed by atoms with E-state index in [0.29, 0.717) is 17.7 Å². The summed E-state index contributed by atoms with van der Waals surface area (Å²) in [6.45, 7) is 6.85. The van der Waals surface area contributed by atoms with Crippen LogP contribution in [0.15, 0.2) is 0 Å². The first kappa shape index (κ1) is 16.5. The summed E-state index contributed by atoms with van der Waals surface area (Å²) in [5.41, 5.74) is 0.917. The van der Waals surface area contributed by atoms with Crippen molar-refractivity contribution in [2.24, 2.45) is 0 Å². The lowest BCUT2D eigenvalue weighted by Gasteiger charge is -2.36. The highest BCUT2D eigenvalue weighted by Gasteiger charge is 2.25. The molecule has 0 aliphatic heterocycles. The first-order valence-electron chi connectivity index (χ1n) is 7.96. The molecule has 1 saturated carbocycles. The van der Waals surface area contributed by atoms with Crippen molar-refractivity contribution in [1.82, 2.24) is 9.97 Å². The zero-order chi connectivity index (χ0) is 15.4. The molecule has 0 saturated heterocycles. The molecule has 1 aromatic heterocycles. The predicted octanol–water partition coefficient (Wildman–Crippen LogP) is 3.69. The largest absolute Gasteiger partial charge is 0.395 e. The Bertz CT molecular complexity index is 473. The van der Waals surface area contributed by atoms with E-state index >= 15 is 0 Å². The van der Waals surface area contributed by atoms with Crippen molar-refractivity contribution in [2.45, 2.75) is 64.8 Å². The molecule has 0 unspecified atom stereocenters. The van der Waals surface area contributed by atoms with Gasteiger partial charge in [-0.15, -0.1) is 0 Å².